The molecule has 0 bridgehead atoms. The fourth-order valence-corrected chi connectivity index (χ4v) is 2.29. The van der Waals surface area contributed by atoms with Crippen molar-refractivity contribution in [2.45, 2.75) is 38.3 Å². The molecule has 0 aromatic rings. The molecule has 0 saturated carbocycles. The molecule has 0 aromatic carbocycles. The van der Waals surface area contributed by atoms with E-state index in [4.69, 9.17) is 0 Å². The van der Waals surface area contributed by atoms with E-state index in [-0.39, 0.29) is 27.7 Å². The van der Waals surface area contributed by atoms with Gasteiger partial charge in [-0.25, -0.2) is 0 Å². The summed E-state index contributed by atoms with van der Waals surface area (Å²) < 4.78 is 0. The quantitative estimate of drug-likeness (QED) is 0.417. The van der Waals surface area contributed by atoms with E-state index in [0.717, 1.165) is 27.1 Å². The van der Waals surface area contributed by atoms with Crippen molar-refractivity contribution < 1.29 is 20.3 Å². The van der Waals surface area contributed by atoms with Crippen molar-refractivity contribution in [3.8, 4) is 0 Å². The van der Waals surface area contributed by atoms with E-state index < -0.39 is 0 Å². The zero-order valence-corrected chi connectivity index (χ0v) is 10.3. The molecule has 0 radical (unpaired) electrons. The maximum absolute atomic E-state index is 2.31. The first-order chi connectivity index (χ1) is 4.13. The van der Waals surface area contributed by atoms with E-state index in [9.17, 15) is 0 Å². The van der Waals surface area contributed by atoms with Crippen LogP contribution in [0, 0.1) is 19.3 Å². The van der Waals surface area contributed by atoms with Crippen LogP contribution in [0.15, 0.2) is 0 Å². The van der Waals surface area contributed by atoms with Crippen molar-refractivity contribution in [3.63, 3.8) is 0 Å². The van der Waals surface area contributed by atoms with Gasteiger partial charge in [-0.3, -0.25) is 0 Å². The molecule has 0 fully saturated rings. The monoisotopic (exact) mass is 164 g/mol. The van der Waals surface area contributed by atoms with Crippen LogP contribution in [0.4, 0.5) is 0 Å². The van der Waals surface area contributed by atoms with Gasteiger partial charge in [-0.2, -0.15) is 0 Å². The molecular weight excluding hydrogens is 142 g/mol. The van der Waals surface area contributed by atoms with E-state index in [1.807, 2.05) is 0 Å². The van der Waals surface area contributed by atoms with Crippen molar-refractivity contribution in [1.82, 2.24) is 0 Å². The third-order valence-electron chi connectivity index (χ3n) is 1.28. The smallest absolute Gasteiger partial charge is 1.00 e. The summed E-state index contributed by atoms with van der Waals surface area (Å²) in [6.07, 6.45) is 0. The van der Waals surface area contributed by atoms with Gasteiger partial charge in [0.25, 0.3) is 0 Å². The predicted octanol–water partition coefficient (Wildman–Crippen LogP) is 0.406. The largest absolute Gasteiger partial charge is 1.00 e. The Morgan fingerprint density at radius 1 is 1.00 bits per heavy atom. The molecule has 0 aliphatic rings. The predicted molar refractivity (Wildman–Crippen MR) is 52.6 cm³/mol. The molecule has 62 valence electrons. The van der Waals surface area contributed by atoms with E-state index in [2.05, 4.69) is 27.7 Å². The Balaban J connectivity index is -0.000000107. The summed E-state index contributed by atoms with van der Waals surface area (Å²) in [6, 6.07) is 0. The summed E-state index contributed by atoms with van der Waals surface area (Å²) in [5.41, 5.74) is 0. The number of hydrogen-bond donors (Lipinski definition) is 0. The standard InChI is InChI=1S/2C4H9.CH3.Al.Li.H/c2*1-4(2)3;;;;/h2*4H,1H2,2-3H3;1H3;;;/q;;-1;2*+1;-1. The molecule has 0 spiro atoms. The fourth-order valence-electron chi connectivity index (χ4n) is 0.763. The Kier molecular flexibility index (Phi) is 18.2. The van der Waals surface area contributed by atoms with E-state index in [0.29, 0.717) is 0 Å². The molecule has 0 heterocycles. The molecule has 2 heteroatoms. The SMILES string of the molecule is CC(C)[CH2][Al+][CH2]C(C)C.[CH3-].[H-].[Li+]. The van der Waals surface area contributed by atoms with Crippen LogP contribution in [0.25, 0.3) is 0 Å². The zero-order chi connectivity index (χ0) is 7.28. The minimum absolute atomic E-state index is 0. The maximum Gasteiger partial charge on any atom is 1.00 e. The van der Waals surface area contributed by atoms with Crippen LogP contribution in [-0.2, 0) is 0 Å². The van der Waals surface area contributed by atoms with Gasteiger partial charge >= 0.3 is 84.2 Å². The maximum atomic E-state index is 2.31. The zero-order valence-electron chi connectivity index (χ0n) is 10.1. The van der Waals surface area contributed by atoms with Crippen LogP contribution in [0.5, 0.6) is 0 Å². The molecule has 0 aliphatic carbocycles. The Morgan fingerprint density at radius 3 is 1.45 bits per heavy atom. The number of hydrogen-bond acceptors (Lipinski definition) is 0. The Morgan fingerprint density at radius 2 is 1.27 bits per heavy atom. The van der Waals surface area contributed by atoms with Gasteiger partial charge in [-0.15, -0.1) is 0 Å². The van der Waals surface area contributed by atoms with E-state index in [1.54, 1.807) is 0 Å². The van der Waals surface area contributed by atoms with Gasteiger partial charge in [0, 0.05) is 0 Å². The van der Waals surface area contributed by atoms with Gasteiger partial charge < -0.3 is 8.85 Å². The second-order valence-electron chi connectivity index (χ2n) is 3.55. The van der Waals surface area contributed by atoms with Gasteiger partial charge in [-0.05, 0) is 0 Å². The minimum Gasteiger partial charge on any atom is -1.00 e. The average molecular weight is 164 g/mol. The molecule has 0 aliphatic heterocycles. The Labute approximate surface area is 92.9 Å². The molecule has 0 unspecified atom stereocenters. The van der Waals surface area contributed by atoms with Crippen LogP contribution in [0.3, 0.4) is 0 Å². The van der Waals surface area contributed by atoms with Crippen LogP contribution >= 0.6 is 0 Å². The first kappa shape index (κ1) is 18.0. The molecule has 0 aromatic heterocycles. The van der Waals surface area contributed by atoms with E-state index >= 15 is 0 Å². The Hall–Kier alpha value is 1.13. The van der Waals surface area contributed by atoms with Gasteiger partial charge in [0.05, 0.1) is 0 Å². The second-order valence-corrected chi connectivity index (χ2v) is 5.07. The second kappa shape index (κ2) is 11.1. The van der Waals surface area contributed by atoms with Crippen molar-refractivity contribution in [2.24, 2.45) is 11.8 Å². The first-order valence-electron chi connectivity index (χ1n) is 3.94. The topological polar surface area (TPSA) is 0 Å². The average Bonchev–Trinajstić information content (AvgIpc) is 1.63. The fraction of sp³-hybridized carbons (Fsp3) is 0.889. The van der Waals surface area contributed by atoms with Gasteiger partial charge in [0.2, 0.25) is 0 Å². The third kappa shape index (κ3) is 18.2. The summed E-state index contributed by atoms with van der Waals surface area (Å²) >= 11 is 0.755. The summed E-state index contributed by atoms with van der Waals surface area (Å²) in [5.74, 6) is 1.86. The molecular formula is C9H22AlLi. The van der Waals surface area contributed by atoms with E-state index in [1.165, 1.54) is 10.6 Å². The van der Waals surface area contributed by atoms with Gasteiger partial charge in [-0.1, -0.05) is 0 Å². The molecule has 0 N–H and O–H groups in total. The van der Waals surface area contributed by atoms with Crippen LogP contribution in [0.1, 0.15) is 29.1 Å². The normalized spacial score (nSPS) is 8.55. The Bertz CT molecular complexity index is 59.5. The summed E-state index contributed by atoms with van der Waals surface area (Å²) in [5, 5.41) is 2.97. The molecule has 0 atom stereocenters. The van der Waals surface area contributed by atoms with Gasteiger partial charge in [0.1, 0.15) is 0 Å². The van der Waals surface area contributed by atoms with Crippen LogP contribution in [0.2, 0.25) is 10.6 Å². The summed E-state index contributed by atoms with van der Waals surface area (Å²) in [6.45, 7) is 9.25. The van der Waals surface area contributed by atoms with Gasteiger partial charge in [0.15, 0.2) is 0 Å². The third-order valence-corrected chi connectivity index (χ3v) is 3.83. The molecule has 0 amide bonds. The first-order valence-corrected chi connectivity index (χ1v) is 5.58. The summed E-state index contributed by atoms with van der Waals surface area (Å²) in [4.78, 5) is 0. The van der Waals surface area contributed by atoms with Crippen LogP contribution < -0.4 is 18.9 Å². The van der Waals surface area contributed by atoms with Crippen molar-refractivity contribution in [2.75, 3.05) is 0 Å². The number of rotatable bonds is 4. The summed E-state index contributed by atoms with van der Waals surface area (Å²) in [7, 11) is 0. The minimum atomic E-state index is 0. The molecule has 0 nitrogen and oxygen atoms in total. The van der Waals surface area contributed by atoms with Crippen LogP contribution in [-0.4, -0.2) is 15.2 Å². The van der Waals surface area contributed by atoms with Crippen molar-refractivity contribution in [1.29, 1.82) is 0 Å². The molecule has 0 saturated heterocycles. The van der Waals surface area contributed by atoms with Crippen molar-refractivity contribution in [3.05, 3.63) is 7.43 Å². The van der Waals surface area contributed by atoms with Crippen molar-refractivity contribution >= 4 is 15.2 Å². The molecule has 11 heavy (non-hydrogen) atoms. The molecule has 0 rings (SSSR count).